The van der Waals surface area contributed by atoms with Crippen LogP contribution < -0.4 is 5.32 Å². The summed E-state index contributed by atoms with van der Waals surface area (Å²) < 4.78 is 14.8. The Kier molecular flexibility index (Phi) is 3.04. The monoisotopic (exact) mass is 325 g/mol. The largest absolute Gasteiger partial charge is 0.375 e. The molecule has 1 N–H and O–H groups in total. The van der Waals surface area contributed by atoms with E-state index >= 15 is 0 Å². The molecule has 1 unspecified atom stereocenters. The van der Waals surface area contributed by atoms with Crippen LogP contribution in [0.2, 0.25) is 5.02 Å². The van der Waals surface area contributed by atoms with Crippen LogP contribution in [0.15, 0.2) is 40.9 Å². The van der Waals surface area contributed by atoms with Gasteiger partial charge in [-0.15, -0.1) is 0 Å². The van der Waals surface area contributed by atoms with Gasteiger partial charge in [0.05, 0.1) is 11.7 Å². The highest BCUT2D eigenvalue weighted by Gasteiger charge is 2.25. The normalized spacial score (nSPS) is 17.4. The van der Waals surface area contributed by atoms with Gasteiger partial charge in [-0.3, -0.25) is 0 Å². The Morgan fingerprint density at radius 3 is 2.89 bits per heavy atom. The van der Waals surface area contributed by atoms with Gasteiger partial charge in [0.15, 0.2) is 0 Å². The van der Waals surface area contributed by atoms with Gasteiger partial charge in [0.25, 0.3) is 0 Å². The first kappa shape index (κ1) is 12.0. The predicted octanol–water partition coefficient (Wildman–Crippen LogP) is 4.95. The van der Waals surface area contributed by atoms with Crippen LogP contribution in [0.25, 0.3) is 0 Å². The molecule has 0 spiro atoms. The van der Waals surface area contributed by atoms with E-state index in [1.807, 2.05) is 30.3 Å². The summed E-state index contributed by atoms with van der Waals surface area (Å²) in [6.07, 6.45) is 0.753. The fourth-order valence-electron chi connectivity index (χ4n) is 2.32. The van der Waals surface area contributed by atoms with Crippen molar-refractivity contribution < 1.29 is 4.39 Å². The van der Waals surface area contributed by atoms with E-state index < -0.39 is 0 Å². The average Bonchev–Trinajstić information content (AvgIpc) is 2.73. The summed E-state index contributed by atoms with van der Waals surface area (Å²) in [5, 5.41) is 3.67. The molecule has 0 aliphatic carbocycles. The highest BCUT2D eigenvalue weighted by molar-refractivity contribution is 9.10. The van der Waals surface area contributed by atoms with Crippen LogP contribution in [0.5, 0.6) is 0 Å². The SMILES string of the molecule is Fc1cc(Cl)cc2c1NC(c1cccc(Br)c1)C2. The van der Waals surface area contributed by atoms with E-state index in [2.05, 4.69) is 21.2 Å². The van der Waals surface area contributed by atoms with Gasteiger partial charge >= 0.3 is 0 Å². The number of hydrogen-bond acceptors (Lipinski definition) is 1. The van der Waals surface area contributed by atoms with Gasteiger partial charge in [0, 0.05) is 9.50 Å². The topological polar surface area (TPSA) is 12.0 Å². The number of anilines is 1. The lowest BCUT2D eigenvalue weighted by atomic mass is 10.0. The number of rotatable bonds is 1. The molecular formula is C14H10BrClFN. The lowest BCUT2D eigenvalue weighted by molar-refractivity contribution is 0.631. The molecule has 92 valence electrons. The van der Waals surface area contributed by atoms with Crippen LogP contribution in [-0.2, 0) is 6.42 Å². The number of fused-ring (bicyclic) bond motifs is 1. The van der Waals surface area contributed by atoms with E-state index in [0.29, 0.717) is 10.7 Å². The average molecular weight is 327 g/mol. The Bertz CT molecular complexity index is 615. The van der Waals surface area contributed by atoms with Gasteiger partial charge in [-0.2, -0.15) is 0 Å². The first-order valence-electron chi connectivity index (χ1n) is 5.63. The van der Waals surface area contributed by atoms with Gasteiger partial charge in [-0.1, -0.05) is 39.7 Å². The molecule has 0 radical (unpaired) electrons. The Balaban J connectivity index is 1.96. The molecule has 0 amide bonds. The summed E-state index contributed by atoms with van der Waals surface area (Å²) in [5.41, 5.74) is 2.64. The minimum absolute atomic E-state index is 0.102. The third kappa shape index (κ3) is 2.13. The minimum atomic E-state index is -0.282. The zero-order valence-corrected chi connectivity index (χ0v) is 11.7. The lowest BCUT2D eigenvalue weighted by Crippen LogP contribution is -2.05. The predicted molar refractivity (Wildman–Crippen MR) is 75.6 cm³/mol. The maximum Gasteiger partial charge on any atom is 0.148 e. The summed E-state index contributed by atoms with van der Waals surface area (Å²) in [6, 6.07) is 11.3. The molecule has 4 heteroatoms. The Morgan fingerprint density at radius 2 is 2.11 bits per heavy atom. The standard InChI is InChI=1S/C14H10BrClFN/c15-10-3-1-2-8(4-10)13-6-9-5-11(16)7-12(17)14(9)18-13/h1-5,7,13,18H,6H2. The first-order valence-corrected chi connectivity index (χ1v) is 6.80. The van der Waals surface area contributed by atoms with Gasteiger partial charge in [-0.05, 0) is 41.8 Å². The maximum atomic E-state index is 13.8. The third-order valence-electron chi connectivity index (χ3n) is 3.13. The third-order valence-corrected chi connectivity index (χ3v) is 3.84. The van der Waals surface area contributed by atoms with E-state index in [4.69, 9.17) is 11.6 Å². The summed E-state index contributed by atoms with van der Waals surface area (Å²) in [6.45, 7) is 0. The van der Waals surface area contributed by atoms with Gasteiger partial charge < -0.3 is 5.32 Å². The molecule has 0 aromatic heterocycles. The lowest BCUT2D eigenvalue weighted by Gasteiger charge is -2.12. The van der Waals surface area contributed by atoms with Crippen molar-refractivity contribution in [3.8, 4) is 0 Å². The zero-order chi connectivity index (χ0) is 12.7. The molecule has 1 aliphatic rings. The fourth-order valence-corrected chi connectivity index (χ4v) is 2.96. The van der Waals surface area contributed by atoms with Gasteiger partial charge in [-0.25, -0.2) is 4.39 Å². The van der Waals surface area contributed by atoms with Gasteiger partial charge in [0.2, 0.25) is 0 Å². The molecule has 0 saturated heterocycles. The number of hydrogen-bond donors (Lipinski definition) is 1. The van der Waals surface area contributed by atoms with E-state index in [9.17, 15) is 4.39 Å². The quantitative estimate of drug-likeness (QED) is 0.782. The Labute approximate surface area is 118 Å². The van der Waals surface area contributed by atoms with E-state index in [1.54, 1.807) is 0 Å². The molecule has 0 fully saturated rings. The zero-order valence-electron chi connectivity index (χ0n) is 9.38. The Morgan fingerprint density at radius 1 is 1.28 bits per heavy atom. The molecule has 0 saturated carbocycles. The van der Waals surface area contributed by atoms with Crippen LogP contribution in [0.1, 0.15) is 17.2 Å². The highest BCUT2D eigenvalue weighted by Crippen LogP contribution is 2.38. The Hall–Kier alpha value is -1.06. The minimum Gasteiger partial charge on any atom is -0.375 e. The van der Waals surface area contributed by atoms with E-state index in [1.165, 1.54) is 6.07 Å². The van der Waals surface area contributed by atoms with Crippen LogP contribution in [0.4, 0.5) is 10.1 Å². The van der Waals surface area contributed by atoms with Crippen molar-refractivity contribution in [1.82, 2.24) is 0 Å². The molecule has 2 aromatic carbocycles. The van der Waals surface area contributed by atoms with E-state index in [-0.39, 0.29) is 11.9 Å². The molecule has 1 heterocycles. The van der Waals surface area contributed by atoms with Crippen molar-refractivity contribution >= 4 is 33.2 Å². The number of benzene rings is 2. The fraction of sp³-hybridized carbons (Fsp3) is 0.143. The molecule has 1 nitrogen and oxygen atoms in total. The van der Waals surface area contributed by atoms with Crippen LogP contribution in [0.3, 0.4) is 0 Å². The molecule has 0 bridgehead atoms. The van der Waals surface area contributed by atoms with Crippen LogP contribution in [-0.4, -0.2) is 0 Å². The van der Waals surface area contributed by atoms with Gasteiger partial charge in [0.1, 0.15) is 5.82 Å². The summed E-state index contributed by atoms with van der Waals surface area (Å²) in [7, 11) is 0. The van der Waals surface area contributed by atoms with Crippen molar-refractivity contribution in [3.63, 3.8) is 0 Å². The molecule has 2 aromatic rings. The number of nitrogens with one attached hydrogen (secondary N) is 1. The molecular weight excluding hydrogens is 317 g/mol. The van der Waals surface area contributed by atoms with Crippen molar-refractivity contribution in [2.24, 2.45) is 0 Å². The van der Waals surface area contributed by atoms with Crippen molar-refractivity contribution in [2.75, 3.05) is 5.32 Å². The highest BCUT2D eigenvalue weighted by atomic mass is 79.9. The van der Waals surface area contributed by atoms with Crippen molar-refractivity contribution in [2.45, 2.75) is 12.5 Å². The van der Waals surface area contributed by atoms with Crippen molar-refractivity contribution in [3.05, 3.63) is 62.8 Å². The second kappa shape index (κ2) is 4.56. The van der Waals surface area contributed by atoms with E-state index in [0.717, 1.165) is 22.0 Å². The molecule has 18 heavy (non-hydrogen) atoms. The maximum absolute atomic E-state index is 13.8. The smallest absolute Gasteiger partial charge is 0.148 e. The summed E-state index contributed by atoms with van der Waals surface area (Å²) >= 11 is 9.32. The first-order chi connectivity index (χ1) is 8.63. The van der Waals surface area contributed by atoms with Crippen molar-refractivity contribution in [1.29, 1.82) is 0 Å². The van der Waals surface area contributed by atoms with Crippen LogP contribution >= 0.6 is 27.5 Å². The molecule has 1 aliphatic heterocycles. The molecule has 3 rings (SSSR count). The second-order valence-corrected chi connectivity index (χ2v) is 5.73. The summed E-state index contributed by atoms with van der Waals surface area (Å²) in [4.78, 5) is 0. The number of halogens is 3. The van der Waals surface area contributed by atoms with Crippen LogP contribution in [0, 0.1) is 5.82 Å². The molecule has 1 atom stereocenters. The summed E-state index contributed by atoms with van der Waals surface area (Å²) in [5.74, 6) is -0.282. The second-order valence-electron chi connectivity index (χ2n) is 4.38.